The Balaban J connectivity index is 1.73. The third kappa shape index (κ3) is 5.02. The normalized spacial score (nSPS) is 17.5. The molecule has 1 atom stereocenters. The van der Waals surface area contributed by atoms with E-state index in [-0.39, 0.29) is 23.3 Å². The average Bonchev–Trinajstić information content (AvgIpc) is 2.69. The Labute approximate surface area is 171 Å². The van der Waals surface area contributed by atoms with Crippen LogP contribution in [0.2, 0.25) is 0 Å². The molecule has 0 spiro atoms. The maximum Gasteiger partial charge on any atom is 0.243 e. The van der Waals surface area contributed by atoms with Crippen LogP contribution < -0.4 is 10.6 Å². The zero-order valence-corrected chi connectivity index (χ0v) is 17.3. The van der Waals surface area contributed by atoms with E-state index in [1.807, 2.05) is 6.92 Å². The van der Waals surface area contributed by atoms with Crippen molar-refractivity contribution in [3.8, 4) is 0 Å². The van der Waals surface area contributed by atoms with Crippen molar-refractivity contribution in [1.82, 2.24) is 4.31 Å². The molecule has 0 radical (unpaired) electrons. The number of amides is 2. The third-order valence-electron chi connectivity index (χ3n) is 4.91. The van der Waals surface area contributed by atoms with Gasteiger partial charge < -0.3 is 10.6 Å². The molecule has 8 heteroatoms. The van der Waals surface area contributed by atoms with Gasteiger partial charge in [-0.3, -0.25) is 9.59 Å². The monoisotopic (exact) mass is 415 g/mol. The van der Waals surface area contributed by atoms with E-state index in [4.69, 9.17) is 0 Å². The standard InChI is InChI=1S/C21H25N3O4S/c1-15-9-11-18(12-10-15)29(27,28)24-13-5-6-17(14-24)21(26)23-20-8-4-3-7-19(20)22-16(2)25/h3-4,7-12,17H,5-6,13-14H2,1-2H3,(H,22,25)(H,23,26). The predicted octanol–water partition coefficient (Wildman–Crippen LogP) is 2.99. The molecule has 1 unspecified atom stereocenters. The number of aryl methyl sites for hydroxylation is 1. The van der Waals surface area contributed by atoms with Gasteiger partial charge in [0.1, 0.15) is 0 Å². The summed E-state index contributed by atoms with van der Waals surface area (Å²) in [5.74, 6) is -0.958. The molecule has 1 heterocycles. The highest BCUT2D eigenvalue weighted by Gasteiger charge is 2.33. The number of hydrogen-bond donors (Lipinski definition) is 2. The number of piperidine rings is 1. The molecule has 2 amide bonds. The summed E-state index contributed by atoms with van der Waals surface area (Å²) in [6.45, 7) is 3.82. The van der Waals surface area contributed by atoms with Crippen LogP contribution in [0.25, 0.3) is 0 Å². The highest BCUT2D eigenvalue weighted by molar-refractivity contribution is 7.89. The summed E-state index contributed by atoms with van der Waals surface area (Å²) in [5.41, 5.74) is 1.98. The van der Waals surface area contributed by atoms with Gasteiger partial charge in [0.25, 0.3) is 0 Å². The molecule has 0 aromatic heterocycles. The van der Waals surface area contributed by atoms with Crippen molar-refractivity contribution in [2.45, 2.75) is 31.6 Å². The molecule has 0 saturated carbocycles. The number of nitrogens with one attached hydrogen (secondary N) is 2. The Hall–Kier alpha value is -2.71. The zero-order valence-electron chi connectivity index (χ0n) is 16.5. The lowest BCUT2D eigenvalue weighted by atomic mass is 9.98. The number of carbonyl (C=O) groups is 2. The summed E-state index contributed by atoms with van der Waals surface area (Å²) < 4.78 is 27.3. The van der Waals surface area contributed by atoms with Crippen LogP contribution in [0.1, 0.15) is 25.3 Å². The molecular weight excluding hydrogens is 390 g/mol. The van der Waals surface area contributed by atoms with Gasteiger partial charge in [0.05, 0.1) is 22.2 Å². The summed E-state index contributed by atoms with van der Waals surface area (Å²) >= 11 is 0. The van der Waals surface area contributed by atoms with Crippen LogP contribution in [0.3, 0.4) is 0 Å². The van der Waals surface area contributed by atoms with Gasteiger partial charge in [0.15, 0.2) is 0 Å². The zero-order chi connectivity index (χ0) is 21.0. The Morgan fingerprint density at radius 1 is 1.00 bits per heavy atom. The Bertz CT molecular complexity index is 1000. The van der Waals surface area contributed by atoms with Crippen LogP contribution in [0, 0.1) is 12.8 Å². The quantitative estimate of drug-likeness (QED) is 0.785. The summed E-state index contributed by atoms with van der Waals surface area (Å²) in [5, 5.41) is 5.51. The van der Waals surface area contributed by atoms with Crippen molar-refractivity contribution in [2.75, 3.05) is 23.7 Å². The topological polar surface area (TPSA) is 95.6 Å². The van der Waals surface area contributed by atoms with E-state index in [1.54, 1.807) is 48.5 Å². The summed E-state index contributed by atoms with van der Waals surface area (Å²) in [6.07, 6.45) is 1.21. The van der Waals surface area contributed by atoms with Gasteiger partial charge in [0.2, 0.25) is 21.8 Å². The van der Waals surface area contributed by atoms with Gasteiger partial charge in [0, 0.05) is 20.0 Å². The van der Waals surface area contributed by atoms with Crippen LogP contribution in [0.15, 0.2) is 53.4 Å². The van der Waals surface area contributed by atoms with Crippen LogP contribution in [0.5, 0.6) is 0 Å². The molecule has 3 rings (SSSR count). The molecule has 154 valence electrons. The van der Waals surface area contributed by atoms with E-state index >= 15 is 0 Å². The number of hydrogen-bond acceptors (Lipinski definition) is 4. The first-order valence-corrected chi connectivity index (χ1v) is 11.0. The molecule has 1 aliphatic heterocycles. The second-order valence-electron chi connectivity index (χ2n) is 7.23. The van der Waals surface area contributed by atoms with Crippen LogP contribution >= 0.6 is 0 Å². The van der Waals surface area contributed by atoms with E-state index in [0.717, 1.165) is 5.56 Å². The minimum absolute atomic E-state index is 0.129. The smallest absolute Gasteiger partial charge is 0.243 e. The number of para-hydroxylation sites is 2. The molecule has 0 bridgehead atoms. The molecule has 29 heavy (non-hydrogen) atoms. The van der Waals surface area contributed by atoms with Gasteiger partial charge in [-0.2, -0.15) is 4.31 Å². The molecule has 7 nitrogen and oxygen atoms in total. The second kappa shape index (κ2) is 8.75. The van der Waals surface area contributed by atoms with Gasteiger partial charge in [-0.15, -0.1) is 0 Å². The molecule has 1 saturated heterocycles. The van der Waals surface area contributed by atoms with Crippen molar-refractivity contribution in [2.24, 2.45) is 5.92 Å². The van der Waals surface area contributed by atoms with Gasteiger partial charge in [-0.1, -0.05) is 29.8 Å². The number of rotatable bonds is 5. The maximum atomic E-state index is 12.9. The lowest BCUT2D eigenvalue weighted by molar-refractivity contribution is -0.121. The minimum atomic E-state index is -3.65. The first-order chi connectivity index (χ1) is 13.8. The van der Waals surface area contributed by atoms with Crippen LogP contribution in [0.4, 0.5) is 11.4 Å². The molecule has 2 N–H and O–H groups in total. The first-order valence-electron chi connectivity index (χ1n) is 9.51. The van der Waals surface area contributed by atoms with Crippen molar-refractivity contribution in [3.63, 3.8) is 0 Å². The lowest BCUT2D eigenvalue weighted by Crippen LogP contribution is -2.43. The molecular formula is C21H25N3O4S. The number of benzene rings is 2. The molecule has 1 fully saturated rings. The first kappa shape index (κ1) is 21.0. The second-order valence-corrected chi connectivity index (χ2v) is 9.17. The van der Waals surface area contributed by atoms with E-state index in [2.05, 4.69) is 10.6 Å². The van der Waals surface area contributed by atoms with Crippen LogP contribution in [-0.4, -0.2) is 37.6 Å². The van der Waals surface area contributed by atoms with Crippen molar-refractivity contribution < 1.29 is 18.0 Å². The molecule has 2 aromatic carbocycles. The number of sulfonamides is 1. The fourth-order valence-electron chi connectivity index (χ4n) is 3.36. The number of carbonyl (C=O) groups excluding carboxylic acids is 2. The lowest BCUT2D eigenvalue weighted by Gasteiger charge is -2.31. The highest BCUT2D eigenvalue weighted by atomic mass is 32.2. The van der Waals surface area contributed by atoms with E-state index in [9.17, 15) is 18.0 Å². The van der Waals surface area contributed by atoms with E-state index in [0.29, 0.717) is 30.8 Å². The molecule has 1 aliphatic rings. The summed E-state index contributed by atoms with van der Waals surface area (Å²) in [4.78, 5) is 24.4. The minimum Gasteiger partial charge on any atom is -0.325 e. The van der Waals surface area contributed by atoms with Gasteiger partial charge in [-0.25, -0.2) is 8.42 Å². The Morgan fingerprint density at radius 3 is 2.24 bits per heavy atom. The van der Waals surface area contributed by atoms with Gasteiger partial charge in [-0.05, 0) is 44.0 Å². The Morgan fingerprint density at radius 2 is 1.62 bits per heavy atom. The van der Waals surface area contributed by atoms with Crippen molar-refractivity contribution >= 4 is 33.2 Å². The molecule has 2 aromatic rings. The average molecular weight is 416 g/mol. The predicted molar refractivity (Wildman–Crippen MR) is 112 cm³/mol. The van der Waals surface area contributed by atoms with Crippen molar-refractivity contribution in [1.29, 1.82) is 0 Å². The third-order valence-corrected chi connectivity index (χ3v) is 6.79. The Kier molecular flexibility index (Phi) is 6.34. The fourth-order valence-corrected chi connectivity index (χ4v) is 4.88. The largest absolute Gasteiger partial charge is 0.325 e. The van der Waals surface area contributed by atoms with Crippen molar-refractivity contribution in [3.05, 3.63) is 54.1 Å². The van der Waals surface area contributed by atoms with Crippen LogP contribution in [-0.2, 0) is 19.6 Å². The fraction of sp³-hybridized carbons (Fsp3) is 0.333. The van der Waals surface area contributed by atoms with E-state index in [1.165, 1.54) is 11.2 Å². The SMILES string of the molecule is CC(=O)Nc1ccccc1NC(=O)C1CCCN(S(=O)(=O)c2ccc(C)cc2)C1. The summed E-state index contributed by atoms with van der Waals surface area (Å²) in [6, 6.07) is 13.6. The molecule has 0 aliphatic carbocycles. The highest BCUT2D eigenvalue weighted by Crippen LogP contribution is 2.27. The number of anilines is 2. The van der Waals surface area contributed by atoms with Gasteiger partial charge >= 0.3 is 0 Å². The number of nitrogens with zero attached hydrogens (tertiary/aromatic N) is 1. The maximum absolute atomic E-state index is 12.9. The summed E-state index contributed by atoms with van der Waals surface area (Å²) in [7, 11) is -3.65. The van der Waals surface area contributed by atoms with E-state index < -0.39 is 15.9 Å².